The van der Waals surface area contributed by atoms with Gasteiger partial charge in [-0.1, -0.05) is 19.9 Å². The van der Waals surface area contributed by atoms with Crippen LogP contribution in [0.25, 0.3) is 0 Å². The van der Waals surface area contributed by atoms with E-state index in [1.165, 1.54) is 18.3 Å². The van der Waals surface area contributed by atoms with Gasteiger partial charge in [0.05, 0.1) is 5.69 Å². The lowest BCUT2D eigenvalue weighted by Crippen LogP contribution is -2.04. The van der Waals surface area contributed by atoms with Crippen LogP contribution < -0.4 is 0 Å². The van der Waals surface area contributed by atoms with Gasteiger partial charge in [0.2, 0.25) is 0 Å². The fraction of sp³-hybridized carbons (Fsp3) is 0.214. The lowest BCUT2D eigenvalue weighted by Gasteiger charge is -2.11. The number of aliphatic hydroxyl groups is 1. The molecule has 0 saturated heterocycles. The van der Waals surface area contributed by atoms with Crippen LogP contribution in [0.4, 0.5) is 4.39 Å². The highest BCUT2D eigenvalue weighted by Gasteiger charge is 2.15. The van der Waals surface area contributed by atoms with E-state index < -0.39 is 11.9 Å². The minimum absolute atomic E-state index is 0.0940. The lowest BCUT2D eigenvalue weighted by molar-refractivity contribution is 0.210. The first-order valence-electron chi connectivity index (χ1n) is 5.76. The zero-order valence-corrected chi connectivity index (χ0v) is 10.3. The Morgan fingerprint density at radius 3 is 2.44 bits per heavy atom. The summed E-state index contributed by atoms with van der Waals surface area (Å²) in [6, 6.07) is 8.65. The van der Waals surface area contributed by atoms with Crippen molar-refractivity contribution < 1.29 is 14.6 Å². The second-order valence-electron chi connectivity index (χ2n) is 3.36. The van der Waals surface area contributed by atoms with E-state index in [0.29, 0.717) is 5.69 Å². The molecule has 0 fully saturated rings. The number of nitrogens with zero attached hydrogens (tertiary/aromatic N) is 1. The van der Waals surface area contributed by atoms with Crippen molar-refractivity contribution in [1.82, 2.24) is 4.98 Å². The molecule has 0 aliphatic rings. The SMILES string of the molecule is CC.Oc1ccc(C(O)c2ccccn2)c(F)c1. The van der Waals surface area contributed by atoms with Gasteiger partial charge in [0.25, 0.3) is 0 Å². The van der Waals surface area contributed by atoms with Crippen LogP contribution in [0.2, 0.25) is 0 Å². The number of hydrogen-bond acceptors (Lipinski definition) is 3. The standard InChI is InChI=1S/C12H10FNO2.C2H6/c13-10-7-8(15)4-5-9(10)12(16)11-3-1-2-6-14-11;1-2/h1-7,12,15-16H;1-2H3. The first kappa shape index (κ1) is 14.1. The van der Waals surface area contributed by atoms with Crippen molar-refractivity contribution in [1.29, 1.82) is 0 Å². The molecule has 4 heteroatoms. The number of hydrogen-bond donors (Lipinski definition) is 2. The first-order valence-corrected chi connectivity index (χ1v) is 5.76. The van der Waals surface area contributed by atoms with E-state index in [1.54, 1.807) is 18.2 Å². The fourth-order valence-electron chi connectivity index (χ4n) is 1.43. The van der Waals surface area contributed by atoms with Crippen molar-refractivity contribution in [3.8, 4) is 5.75 Å². The van der Waals surface area contributed by atoms with Crippen LogP contribution in [-0.2, 0) is 0 Å². The maximum absolute atomic E-state index is 13.4. The Kier molecular flexibility index (Phi) is 5.27. The van der Waals surface area contributed by atoms with E-state index in [9.17, 15) is 9.50 Å². The summed E-state index contributed by atoms with van der Waals surface area (Å²) in [6.45, 7) is 4.00. The third-order valence-corrected chi connectivity index (χ3v) is 2.25. The molecule has 1 aromatic carbocycles. The van der Waals surface area contributed by atoms with Gasteiger partial charge in [-0.3, -0.25) is 4.98 Å². The van der Waals surface area contributed by atoms with Crippen LogP contribution in [0.5, 0.6) is 5.75 Å². The number of rotatable bonds is 2. The molecule has 0 bridgehead atoms. The van der Waals surface area contributed by atoms with Gasteiger partial charge in [0, 0.05) is 17.8 Å². The molecule has 18 heavy (non-hydrogen) atoms. The molecule has 0 spiro atoms. The molecule has 1 atom stereocenters. The Balaban J connectivity index is 0.000000771. The molecule has 2 N–H and O–H groups in total. The number of phenolic OH excluding ortho intramolecular Hbond substituents is 1. The summed E-state index contributed by atoms with van der Waals surface area (Å²) in [5.74, 6) is -0.826. The average Bonchev–Trinajstić information content (AvgIpc) is 2.41. The van der Waals surface area contributed by atoms with Crippen molar-refractivity contribution in [3.05, 3.63) is 59.7 Å². The van der Waals surface area contributed by atoms with Crippen molar-refractivity contribution in [2.45, 2.75) is 20.0 Å². The second kappa shape index (κ2) is 6.71. The summed E-state index contributed by atoms with van der Waals surface area (Å²) in [6.07, 6.45) is 0.401. The largest absolute Gasteiger partial charge is 0.508 e. The normalized spacial score (nSPS) is 11.3. The summed E-state index contributed by atoms with van der Waals surface area (Å²) < 4.78 is 13.4. The van der Waals surface area contributed by atoms with E-state index in [1.807, 2.05) is 13.8 Å². The summed E-state index contributed by atoms with van der Waals surface area (Å²) in [5.41, 5.74) is 0.462. The number of benzene rings is 1. The summed E-state index contributed by atoms with van der Waals surface area (Å²) in [4.78, 5) is 3.94. The van der Waals surface area contributed by atoms with E-state index in [0.717, 1.165) is 6.07 Å². The summed E-state index contributed by atoms with van der Waals surface area (Å²) in [5, 5.41) is 18.9. The Bertz CT molecular complexity index is 488. The molecular weight excluding hydrogens is 233 g/mol. The molecule has 0 aliphatic heterocycles. The topological polar surface area (TPSA) is 53.4 Å². The summed E-state index contributed by atoms with van der Waals surface area (Å²) >= 11 is 0. The van der Waals surface area contributed by atoms with Gasteiger partial charge >= 0.3 is 0 Å². The maximum Gasteiger partial charge on any atom is 0.133 e. The highest BCUT2D eigenvalue weighted by atomic mass is 19.1. The molecule has 1 aromatic heterocycles. The minimum atomic E-state index is -1.12. The molecule has 2 aromatic rings. The molecule has 1 heterocycles. The highest BCUT2D eigenvalue weighted by molar-refractivity contribution is 5.32. The van der Waals surface area contributed by atoms with Crippen LogP contribution in [0.15, 0.2) is 42.6 Å². The molecule has 0 aliphatic carbocycles. The minimum Gasteiger partial charge on any atom is -0.508 e. The molecule has 1 unspecified atom stereocenters. The smallest absolute Gasteiger partial charge is 0.133 e. The van der Waals surface area contributed by atoms with E-state index in [2.05, 4.69) is 4.98 Å². The lowest BCUT2D eigenvalue weighted by atomic mass is 10.1. The third-order valence-electron chi connectivity index (χ3n) is 2.25. The molecule has 0 saturated carbocycles. The number of aromatic nitrogens is 1. The molecule has 3 nitrogen and oxygen atoms in total. The molecule has 96 valence electrons. The zero-order valence-electron chi connectivity index (χ0n) is 10.3. The van der Waals surface area contributed by atoms with Crippen molar-refractivity contribution in [2.75, 3.05) is 0 Å². The number of phenols is 1. The number of halogens is 1. The van der Waals surface area contributed by atoms with Crippen molar-refractivity contribution >= 4 is 0 Å². The Morgan fingerprint density at radius 2 is 1.89 bits per heavy atom. The average molecular weight is 249 g/mol. The number of pyridine rings is 1. The van der Waals surface area contributed by atoms with Gasteiger partial charge in [0.1, 0.15) is 17.7 Å². The van der Waals surface area contributed by atoms with Crippen LogP contribution in [0, 0.1) is 5.82 Å². The second-order valence-corrected chi connectivity index (χ2v) is 3.36. The molecule has 0 radical (unpaired) electrons. The van der Waals surface area contributed by atoms with Gasteiger partial charge in [-0.05, 0) is 24.3 Å². The van der Waals surface area contributed by atoms with Crippen molar-refractivity contribution in [2.24, 2.45) is 0 Å². The van der Waals surface area contributed by atoms with Crippen LogP contribution >= 0.6 is 0 Å². The van der Waals surface area contributed by atoms with Gasteiger partial charge in [-0.15, -0.1) is 0 Å². The first-order chi connectivity index (χ1) is 8.68. The fourth-order valence-corrected chi connectivity index (χ4v) is 1.43. The monoisotopic (exact) mass is 249 g/mol. The van der Waals surface area contributed by atoms with Gasteiger partial charge in [0.15, 0.2) is 0 Å². The predicted molar refractivity (Wildman–Crippen MR) is 67.7 cm³/mol. The maximum atomic E-state index is 13.4. The van der Waals surface area contributed by atoms with E-state index in [4.69, 9.17) is 5.11 Å². The third kappa shape index (κ3) is 3.28. The quantitative estimate of drug-likeness (QED) is 0.860. The van der Waals surface area contributed by atoms with Gasteiger partial charge in [-0.2, -0.15) is 0 Å². The van der Waals surface area contributed by atoms with Crippen LogP contribution in [0.3, 0.4) is 0 Å². The van der Waals surface area contributed by atoms with Gasteiger partial charge < -0.3 is 10.2 Å². The Labute approximate surface area is 106 Å². The number of aromatic hydroxyl groups is 1. The Hall–Kier alpha value is -1.94. The summed E-state index contributed by atoms with van der Waals surface area (Å²) in [7, 11) is 0. The van der Waals surface area contributed by atoms with Crippen LogP contribution in [-0.4, -0.2) is 15.2 Å². The molecule has 2 rings (SSSR count). The number of aliphatic hydroxyl groups excluding tert-OH is 1. The van der Waals surface area contributed by atoms with E-state index >= 15 is 0 Å². The van der Waals surface area contributed by atoms with Crippen molar-refractivity contribution in [3.63, 3.8) is 0 Å². The molecule has 0 amide bonds. The van der Waals surface area contributed by atoms with Crippen LogP contribution in [0.1, 0.15) is 31.2 Å². The van der Waals surface area contributed by atoms with Gasteiger partial charge in [-0.25, -0.2) is 4.39 Å². The Morgan fingerprint density at radius 1 is 1.17 bits per heavy atom. The highest BCUT2D eigenvalue weighted by Crippen LogP contribution is 2.25. The molecular formula is C14H16FNO2. The zero-order chi connectivity index (χ0) is 13.5. The van der Waals surface area contributed by atoms with E-state index in [-0.39, 0.29) is 11.3 Å². The predicted octanol–water partition coefficient (Wildman–Crippen LogP) is 3.03.